The highest BCUT2D eigenvalue weighted by Gasteiger charge is 2.10. The molecule has 3 rings (SSSR count). The van der Waals surface area contributed by atoms with Gasteiger partial charge in [0.1, 0.15) is 30.3 Å². The van der Waals surface area contributed by atoms with E-state index < -0.39 is 5.97 Å². The zero-order valence-corrected chi connectivity index (χ0v) is 15.7. The van der Waals surface area contributed by atoms with Gasteiger partial charge in [-0.3, -0.25) is 4.79 Å². The number of carboxylic acids is 1. The van der Waals surface area contributed by atoms with Gasteiger partial charge in [-0.2, -0.15) is 0 Å². The maximum atomic E-state index is 12.2. The third kappa shape index (κ3) is 5.84. The van der Waals surface area contributed by atoms with Gasteiger partial charge in [-0.05, 0) is 42.0 Å². The standard InChI is InChI=1S/C23H21NO5/c25-22(24-16-17-6-2-1-3-7-17)18-10-12-19(13-11-18)28-14-15-29-21-9-5-4-8-20(21)23(26)27/h1-13H,14-16H2,(H,24,25)(H,26,27). The Morgan fingerprint density at radius 3 is 2.17 bits per heavy atom. The van der Waals surface area contributed by atoms with Gasteiger partial charge in [0.15, 0.2) is 0 Å². The Labute approximate surface area is 168 Å². The SMILES string of the molecule is O=C(NCc1ccccc1)c1ccc(OCCOc2ccccc2C(=O)O)cc1. The molecule has 0 fully saturated rings. The van der Waals surface area contributed by atoms with Crippen LogP contribution in [0.4, 0.5) is 0 Å². The zero-order chi connectivity index (χ0) is 20.5. The average molecular weight is 391 g/mol. The lowest BCUT2D eigenvalue weighted by atomic mass is 10.2. The average Bonchev–Trinajstić information content (AvgIpc) is 2.76. The third-order valence-electron chi connectivity index (χ3n) is 4.14. The molecule has 0 heterocycles. The van der Waals surface area contributed by atoms with Crippen LogP contribution in [0.5, 0.6) is 11.5 Å². The lowest BCUT2D eigenvalue weighted by Gasteiger charge is -2.10. The first-order chi connectivity index (χ1) is 14.1. The number of carboxylic acid groups (broad SMARTS) is 1. The van der Waals surface area contributed by atoms with E-state index in [4.69, 9.17) is 14.6 Å². The van der Waals surface area contributed by atoms with Crippen molar-refractivity contribution in [2.45, 2.75) is 6.54 Å². The van der Waals surface area contributed by atoms with Gasteiger partial charge in [-0.15, -0.1) is 0 Å². The number of aromatic carboxylic acids is 1. The van der Waals surface area contributed by atoms with E-state index in [0.29, 0.717) is 23.6 Å². The van der Waals surface area contributed by atoms with Crippen LogP contribution < -0.4 is 14.8 Å². The molecule has 0 aliphatic heterocycles. The summed E-state index contributed by atoms with van der Waals surface area (Å²) in [5.41, 5.74) is 1.68. The number of ether oxygens (including phenoxy) is 2. The molecule has 148 valence electrons. The number of rotatable bonds is 9. The van der Waals surface area contributed by atoms with Crippen molar-refractivity contribution in [3.8, 4) is 11.5 Å². The van der Waals surface area contributed by atoms with Crippen LogP contribution >= 0.6 is 0 Å². The lowest BCUT2D eigenvalue weighted by Crippen LogP contribution is -2.22. The molecule has 3 aromatic carbocycles. The molecule has 0 unspecified atom stereocenters. The molecule has 0 spiro atoms. The zero-order valence-electron chi connectivity index (χ0n) is 15.7. The molecule has 0 atom stereocenters. The topological polar surface area (TPSA) is 84.9 Å². The fourth-order valence-corrected chi connectivity index (χ4v) is 2.66. The second-order valence-electron chi connectivity index (χ2n) is 6.19. The lowest BCUT2D eigenvalue weighted by molar-refractivity contribution is 0.0691. The van der Waals surface area contributed by atoms with Crippen LogP contribution in [0.3, 0.4) is 0 Å². The molecule has 2 N–H and O–H groups in total. The molecule has 6 heteroatoms. The first kappa shape index (κ1) is 19.9. The summed E-state index contributed by atoms with van der Waals surface area (Å²) in [6.07, 6.45) is 0. The molecule has 29 heavy (non-hydrogen) atoms. The summed E-state index contributed by atoms with van der Waals surface area (Å²) in [5.74, 6) is -0.301. The number of carbonyl (C=O) groups is 2. The van der Waals surface area contributed by atoms with Crippen LogP contribution in [-0.2, 0) is 6.54 Å². The second-order valence-corrected chi connectivity index (χ2v) is 6.19. The summed E-state index contributed by atoms with van der Waals surface area (Å²) < 4.78 is 11.1. The van der Waals surface area contributed by atoms with E-state index in [1.54, 1.807) is 42.5 Å². The van der Waals surface area contributed by atoms with Gasteiger partial charge < -0.3 is 19.9 Å². The predicted octanol–water partition coefficient (Wildman–Crippen LogP) is 3.77. The van der Waals surface area contributed by atoms with Crippen molar-refractivity contribution in [1.29, 1.82) is 0 Å². The van der Waals surface area contributed by atoms with Crippen molar-refractivity contribution in [2.24, 2.45) is 0 Å². The van der Waals surface area contributed by atoms with Crippen molar-refractivity contribution in [3.63, 3.8) is 0 Å². The van der Waals surface area contributed by atoms with Crippen molar-refractivity contribution in [2.75, 3.05) is 13.2 Å². The summed E-state index contributed by atoms with van der Waals surface area (Å²) in [4.78, 5) is 23.4. The van der Waals surface area contributed by atoms with Gasteiger partial charge in [0.25, 0.3) is 5.91 Å². The molecule has 0 aliphatic rings. The highest BCUT2D eigenvalue weighted by Crippen LogP contribution is 2.18. The van der Waals surface area contributed by atoms with Crippen LogP contribution in [0.2, 0.25) is 0 Å². The van der Waals surface area contributed by atoms with Gasteiger partial charge in [0, 0.05) is 12.1 Å². The number of nitrogens with one attached hydrogen (secondary N) is 1. The fourth-order valence-electron chi connectivity index (χ4n) is 2.66. The molecule has 0 radical (unpaired) electrons. The van der Waals surface area contributed by atoms with Crippen LogP contribution in [-0.4, -0.2) is 30.2 Å². The van der Waals surface area contributed by atoms with Crippen LogP contribution in [0.15, 0.2) is 78.9 Å². The minimum Gasteiger partial charge on any atom is -0.490 e. The highest BCUT2D eigenvalue weighted by atomic mass is 16.5. The first-order valence-corrected chi connectivity index (χ1v) is 9.13. The van der Waals surface area contributed by atoms with E-state index >= 15 is 0 Å². The van der Waals surface area contributed by atoms with Crippen LogP contribution in [0.1, 0.15) is 26.3 Å². The number of hydrogen-bond donors (Lipinski definition) is 2. The van der Waals surface area contributed by atoms with Gasteiger partial charge in [0.05, 0.1) is 0 Å². The summed E-state index contributed by atoms with van der Waals surface area (Å²) in [5, 5.41) is 12.0. The van der Waals surface area contributed by atoms with Gasteiger partial charge in [-0.25, -0.2) is 4.79 Å². The monoisotopic (exact) mass is 391 g/mol. The third-order valence-corrected chi connectivity index (χ3v) is 4.14. The predicted molar refractivity (Wildman–Crippen MR) is 108 cm³/mol. The summed E-state index contributed by atoms with van der Waals surface area (Å²) in [6, 6.07) is 22.9. The molecule has 0 bridgehead atoms. The highest BCUT2D eigenvalue weighted by molar-refractivity contribution is 5.94. The van der Waals surface area contributed by atoms with E-state index in [1.807, 2.05) is 30.3 Å². The van der Waals surface area contributed by atoms with E-state index in [-0.39, 0.29) is 24.7 Å². The number of carbonyl (C=O) groups excluding carboxylic acids is 1. The quantitative estimate of drug-likeness (QED) is 0.543. The Morgan fingerprint density at radius 2 is 1.45 bits per heavy atom. The minimum absolute atomic E-state index is 0.110. The number of para-hydroxylation sites is 1. The normalized spacial score (nSPS) is 10.2. The Morgan fingerprint density at radius 1 is 0.793 bits per heavy atom. The van der Waals surface area contributed by atoms with Crippen LogP contribution in [0, 0.1) is 0 Å². The Kier molecular flexibility index (Phi) is 6.84. The Bertz CT molecular complexity index is 955. The van der Waals surface area contributed by atoms with E-state index in [0.717, 1.165) is 5.56 Å². The Balaban J connectivity index is 1.45. The van der Waals surface area contributed by atoms with Gasteiger partial charge >= 0.3 is 5.97 Å². The molecular formula is C23H21NO5. The fraction of sp³-hybridized carbons (Fsp3) is 0.130. The van der Waals surface area contributed by atoms with E-state index in [2.05, 4.69) is 5.32 Å². The van der Waals surface area contributed by atoms with E-state index in [9.17, 15) is 9.59 Å². The van der Waals surface area contributed by atoms with Gasteiger partial charge in [0.2, 0.25) is 0 Å². The first-order valence-electron chi connectivity index (χ1n) is 9.13. The largest absolute Gasteiger partial charge is 0.490 e. The Hall–Kier alpha value is -3.80. The number of benzene rings is 3. The number of amides is 1. The molecular weight excluding hydrogens is 370 g/mol. The number of hydrogen-bond acceptors (Lipinski definition) is 4. The van der Waals surface area contributed by atoms with Crippen LogP contribution in [0.25, 0.3) is 0 Å². The molecule has 6 nitrogen and oxygen atoms in total. The van der Waals surface area contributed by atoms with Crippen molar-refractivity contribution in [1.82, 2.24) is 5.32 Å². The maximum absolute atomic E-state index is 12.2. The molecule has 0 aromatic heterocycles. The molecule has 0 saturated heterocycles. The smallest absolute Gasteiger partial charge is 0.339 e. The summed E-state index contributed by atoms with van der Waals surface area (Å²) >= 11 is 0. The molecule has 0 saturated carbocycles. The van der Waals surface area contributed by atoms with E-state index in [1.165, 1.54) is 6.07 Å². The second kappa shape index (κ2) is 9.94. The minimum atomic E-state index is -1.04. The maximum Gasteiger partial charge on any atom is 0.339 e. The van der Waals surface area contributed by atoms with Gasteiger partial charge in [-0.1, -0.05) is 42.5 Å². The molecule has 1 amide bonds. The molecule has 0 aliphatic carbocycles. The van der Waals surface area contributed by atoms with Crippen molar-refractivity contribution in [3.05, 3.63) is 95.6 Å². The summed E-state index contributed by atoms with van der Waals surface area (Å²) in [6.45, 7) is 0.907. The molecule has 3 aromatic rings. The van der Waals surface area contributed by atoms with Crippen molar-refractivity contribution < 1.29 is 24.2 Å². The van der Waals surface area contributed by atoms with Crippen molar-refractivity contribution >= 4 is 11.9 Å². The summed E-state index contributed by atoms with van der Waals surface area (Å²) in [7, 11) is 0.